The molecular weight excluding hydrogens is 285 g/mol. The van der Waals surface area contributed by atoms with Gasteiger partial charge in [-0.25, -0.2) is 0 Å². The summed E-state index contributed by atoms with van der Waals surface area (Å²) in [7, 11) is 0. The van der Waals surface area contributed by atoms with E-state index in [2.05, 4.69) is 0 Å². The van der Waals surface area contributed by atoms with Crippen molar-refractivity contribution in [3.8, 4) is 0 Å². The Hall–Kier alpha value is -1.76. The Morgan fingerprint density at radius 2 is 1.86 bits per heavy atom. The van der Waals surface area contributed by atoms with Gasteiger partial charge in [-0.2, -0.15) is 13.2 Å². The molecule has 1 aromatic carbocycles. The summed E-state index contributed by atoms with van der Waals surface area (Å²) in [6.07, 6.45) is -3.75. The van der Waals surface area contributed by atoms with Crippen LogP contribution in [0, 0.1) is 0 Å². The number of nitrogens with zero attached hydrogens (tertiary/aromatic N) is 2. The number of para-hydroxylation sites is 1. The highest BCUT2D eigenvalue weighted by Gasteiger charge is 2.34. The van der Waals surface area contributed by atoms with Gasteiger partial charge in [-0.1, -0.05) is 12.1 Å². The van der Waals surface area contributed by atoms with E-state index in [1.54, 1.807) is 15.9 Å². The van der Waals surface area contributed by atoms with Crippen molar-refractivity contribution in [2.75, 3.05) is 37.6 Å². The SMILES string of the molecule is O=C(O)CN1CCCN(c2ccccc2C(F)(F)F)CC1. The van der Waals surface area contributed by atoms with Crippen LogP contribution in [0.2, 0.25) is 0 Å². The van der Waals surface area contributed by atoms with Crippen LogP contribution >= 0.6 is 0 Å². The number of rotatable bonds is 3. The number of benzene rings is 1. The van der Waals surface area contributed by atoms with Crippen molar-refractivity contribution in [1.29, 1.82) is 0 Å². The summed E-state index contributed by atoms with van der Waals surface area (Å²) < 4.78 is 39.1. The number of carboxylic acid groups (broad SMARTS) is 1. The van der Waals surface area contributed by atoms with Crippen LogP contribution in [0.25, 0.3) is 0 Å². The lowest BCUT2D eigenvalue weighted by atomic mass is 10.1. The lowest BCUT2D eigenvalue weighted by Gasteiger charge is -2.26. The normalized spacial score (nSPS) is 17.6. The first-order chi connectivity index (χ1) is 9.88. The second-order valence-electron chi connectivity index (χ2n) is 5.03. The highest BCUT2D eigenvalue weighted by Crippen LogP contribution is 2.36. The number of carbonyl (C=O) groups is 1. The minimum atomic E-state index is -4.39. The molecule has 1 heterocycles. The van der Waals surface area contributed by atoms with Crippen LogP contribution in [0.4, 0.5) is 18.9 Å². The minimum Gasteiger partial charge on any atom is -0.480 e. The molecule has 0 radical (unpaired) electrons. The van der Waals surface area contributed by atoms with Crippen molar-refractivity contribution in [3.63, 3.8) is 0 Å². The molecule has 1 fully saturated rings. The van der Waals surface area contributed by atoms with Crippen LogP contribution in [0.5, 0.6) is 0 Å². The Balaban J connectivity index is 2.14. The third-order valence-electron chi connectivity index (χ3n) is 3.50. The Morgan fingerprint density at radius 3 is 2.52 bits per heavy atom. The van der Waals surface area contributed by atoms with Gasteiger partial charge in [-0.15, -0.1) is 0 Å². The number of carboxylic acids is 1. The van der Waals surface area contributed by atoms with E-state index in [9.17, 15) is 18.0 Å². The van der Waals surface area contributed by atoms with E-state index in [1.807, 2.05) is 0 Å². The van der Waals surface area contributed by atoms with Crippen LogP contribution in [0.1, 0.15) is 12.0 Å². The van der Waals surface area contributed by atoms with Gasteiger partial charge in [0, 0.05) is 31.9 Å². The highest BCUT2D eigenvalue weighted by atomic mass is 19.4. The average molecular weight is 302 g/mol. The maximum Gasteiger partial charge on any atom is 0.418 e. The third-order valence-corrected chi connectivity index (χ3v) is 3.50. The molecule has 0 bridgehead atoms. The van der Waals surface area contributed by atoms with Crippen LogP contribution in [-0.2, 0) is 11.0 Å². The average Bonchev–Trinajstić information content (AvgIpc) is 2.63. The molecule has 1 aliphatic heterocycles. The fraction of sp³-hybridized carbons (Fsp3) is 0.500. The Kier molecular flexibility index (Phi) is 4.72. The fourth-order valence-electron chi connectivity index (χ4n) is 2.55. The first-order valence-electron chi connectivity index (χ1n) is 6.73. The Morgan fingerprint density at radius 1 is 1.14 bits per heavy atom. The molecule has 0 aromatic heterocycles. The van der Waals surface area contributed by atoms with E-state index in [1.165, 1.54) is 12.1 Å². The molecule has 0 atom stereocenters. The smallest absolute Gasteiger partial charge is 0.418 e. The Bertz CT molecular complexity index is 505. The molecule has 0 unspecified atom stereocenters. The summed E-state index contributed by atoms with van der Waals surface area (Å²) in [5.74, 6) is -0.917. The molecule has 116 valence electrons. The number of halogens is 3. The van der Waals surface area contributed by atoms with Crippen LogP contribution < -0.4 is 4.90 Å². The van der Waals surface area contributed by atoms with Crippen molar-refractivity contribution in [3.05, 3.63) is 29.8 Å². The maximum atomic E-state index is 13.0. The van der Waals surface area contributed by atoms with E-state index in [-0.39, 0.29) is 12.2 Å². The molecule has 0 spiro atoms. The molecule has 4 nitrogen and oxygen atoms in total. The zero-order valence-electron chi connectivity index (χ0n) is 11.4. The van der Waals surface area contributed by atoms with Gasteiger partial charge in [0.05, 0.1) is 12.1 Å². The molecule has 1 aliphatic rings. The monoisotopic (exact) mass is 302 g/mol. The number of aliphatic carboxylic acids is 1. The van der Waals surface area contributed by atoms with Gasteiger partial charge in [0.25, 0.3) is 0 Å². The molecule has 0 amide bonds. The van der Waals surface area contributed by atoms with Crippen molar-refractivity contribution in [2.24, 2.45) is 0 Å². The molecule has 7 heteroatoms. The molecule has 0 aliphatic carbocycles. The molecule has 1 aromatic rings. The largest absolute Gasteiger partial charge is 0.480 e. The van der Waals surface area contributed by atoms with Crippen molar-refractivity contribution >= 4 is 11.7 Å². The van der Waals surface area contributed by atoms with Gasteiger partial charge in [0.2, 0.25) is 0 Å². The Labute approximate surface area is 120 Å². The van der Waals surface area contributed by atoms with Gasteiger partial charge < -0.3 is 10.0 Å². The second kappa shape index (κ2) is 6.34. The lowest BCUT2D eigenvalue weighted by molar-refractivity contribution is -0.138. The van der Waals surface area contributed by atoms with Crippen molar-refractivity contribution in [1.82, 2.24) is 4.90 Å². The summed E-state index contributed by atoms with van der Waals surface area (Å²) in [4.78, 5) is 14.1. The molecule has 21 heavy (non-hydrogen) atoms. The summed E-state index contributed by atoms with van der Waals surface area (Å²) in [6, 6.07) is 5.51. The van der Waals surface area contributed by atoms with E-state index in [4.69, 9.17) is 5.11 Å². The van der Waals surface area contributed by atoms with Gasteiger partial charge in [0.15, 0.2) is 0 Å². The predicted molar refractivity (Wildman–Crippen MR) is 72.3 cm³/mol. The van der Waals surface area contributed by atoms with Gasteiger partial charge in [0.1, 0.15) is 0 Å². The van der Waals surface area contributed by atoms with Crippen LogP contribution in [0.15, 0.2) is 24.3 Å². The quantitative estimate of drug-likeness (QED) is 0.930. The fourth-order valence-corrected chi connectivity index (χ4v) is 2.55. The molecule has 1 saturated heterocycles. The van der Waals surface area contributed by atoms with Crippen molar-refractivity contribution in [2.45, 2.75) is 12.6 Å². The first-order valence-corrected chi connectivity index (χ1v) is 6.73. The second-order valence-corrected chi connectivity index (χ2v) is 5.03. The van der Waals surface area contributed by atoms with Gasteiger partial charge >= 0.3 is 12.1 Å². The molecule has 1 N–H and O–H groups in total. The van der Waals surface area contributed by atoms with Crippen LogP contribution in [-0.4, -0.2) is 48.7 Å². The number of alkyl halides is 3. The van der Waals surface area contributed by atoms with E-state index in [0.29, 0.717) is 32.6 Å². The van der Waals surface area contributed by atoms with Crippen molar-refractivity contribution < 1.29 is 23.1 Å². The topological polar surface area (TPSA) is 43.8 Å². The van der Waals surface area contributed by atoms with E-state index < -0.39 is 17.7 Å². The molecule has 2 rings (SSSR count). The summed E-state index contributed by atoms with van der Waals surface area (Å²) in [5, 5.41) is 8.79. The molecule has 0 saturated carbocycles. The summed E-state index contributed by atoms with van der Waals surface area (Å²) in [5.41, 5.74) is -0.473. The van der Waals surface area contributed by atoms with Gasteiger partial charge in [-0.3, -0.25) is 9.69 Å². The van der Waals surface area contributed by atoms with Gasteiger partial charge in [-0.05, 0) is 18.6 Å². The minimum absolute atomic E-state index is 0.0746. The van der Waals surface area contributed by atoms with E-state index >= 15 is 0 Å². The standard InChI is InChI=1S/C14H17F3N2O2/c15-14(16,17)11-4-1-2-5-12(11)19-7-3-6-18(8-9-19)10-13(20)21/h1-2,4-5H,3,6-10H2,(H,20,21). The zero-order chi connectivity index (χ0) is 15.5. The number of anilines is 1. The zero-order valence-corrected chi connectivity index (χ0v) is 11.4. The summed E-state index contributed by atoms with van der Waals surface area (Å²) in [6.45, 7) is 1.83. The molecular formula is C14H17F3N2O2. The highest BCUT2D eigenvalue weighted by molar-refractivity contribution is 5.69. The lowest BCUT2D eigenvalue weighted by Crippen LogP contribution is -2.34. The third kappa shape index (κ3) is 4.10. The number of hydrogen-bond donors (Lipinski definition) is 1. The number of hydrogen-bond acceptors (Lipinski definition) is 3. The predicted octanol–water partition coefficient (Wildman–Crippen LogP) is 2.30. The maximum absolute atomic E-state index is 13.0. The van der Waals surface area contributed by atoms with Crippen LogP contribution in [0.3, 0.4) is 0 Å². The summed E-state index contributed by atoms with van der Waals surface area (Å²) >= 11 is 0. The first kappa shape index (κ1) is 15.6. The van der Waals surface area contributed by atoms with E-state index in [0.717, 1.165) is 6.07 Å².